The molecule has 0 heterocycles. The molecule has 2 N–H and O–H groups in total. The minimum atomic E-state index is -0.414. The van der Waals surface area contributed by atoms with Crippen LogP contribution in [0.3, 0.4) is 0 Å². The van der Waals surface area contributed by atoms with Crippen LogP contribution in [-0.2, 0) is 16.1 Å². The summed E-state index contributed by atoms with van der Waals surface area (Å²) in [6.45, 7) is 4.63. The molecule has 32 heavy (non-hydrogen) atoms. The van der Waals surface area contributed by atoms with Crippen molar-refractivity contribution in [3.63, 3.8) is 0 Å². The van der Waals surface area contributed by atoms with E-state index in [1.165, 1.54) is 39.0 Å². The molecule has 0 saturated heterocycles. The maximum atomic E-state index is 12.1. The second kappa shape index (κ2) is 11.8. The van der Waals surface area contributed by atoms with Crippen LogP contribution < -0.4 is 15.4 Å². The van der Waals surface area contributed by atoms with E-state index in [2.05, 4.69) is 10.6 Å². The lowest BCUT2D eigenvalue weighted by Crippen LogP contribution is -2.15. The first-order chi connectivity index (χ1) is 15.5. The molecule has 0 aromatic heterocycles. The van der Waals surface area contributed by atoms with Gasteiger partial charge in [-0.15, -0.1) is 0 Å². The van der Waals surface area contributed by atoms with Gasteiger partial charge in [-0.2, -0.15) is 0 Å². The highest BCUT2D eigenvalue weighted by Gasteiger charge is 2.15. The Bertz CT molecular complexity index is 942. The highest BCUT2D eigenvalue weighted by molar-refractivity contribution is 6.31. The Balaban J connectivity index is 1.67. The van der Waals surface area contributed by atoms with Crippen molar-refractivity contribution in [1.82, 2.24) is 0 Å². The summed E-state index contributed by atoms with van der Waals surface area (Å²) >= 11 is 6.50. The average Bonchev–Trinajstić information content (AvgIpc) is 2.78. The summed E-state index contributed by atoms with van der Waals surface area (Å²) in [7, 11) is 0. The van der Waals surface area contributed by atoms with E-state index >= 15 is 0 Å². The predicted molar refractivity (Wildman–Crippen MR) is 128 cm³/mol. The fourth-order valence-electron chi connectivity index (χ4n) is 3.85. The van der Waals surface area contributed by atoms with E-state index < -0.39 is 5.97 Å². The van der Waals surface area contributed by atoms with Gasteiger partial charge in [-0.05, 0) is 61.6 Å². The Morgan fingerprint density at radius 1 is 1.06 bits per heavy atom. The molecule has 1 saturated carbocycles. The number of anilines is 2. The van der Waals surface area contributed by atoms with E-state index in [4.69, 9.17) is 21.1 Å². The van der Waals surface area contributed by atoms with Crippen LogP contribution in [0.1, 0.15) is 61.9 Å². The molecular weight excluding hydrogens is 428 g/mol. The molecule has 0 aliphatic heterocycles. The minimum absolute atomic E-state index is 0.200. The maximum absolute atomic E-state index is 12.1. The quantitative estimate of drug-likeness (QED) is 0.447. The first kappa shape index (κ1) is 23.9. The molecule has 1 amide bonds. The van der Waals surface area contributed by atoms with Crippen molar-refractivity contribution < 1.29 is 19.1 Å². The molecule has 3 rings (SSSR count). The van der Waals surface area contributed by atoms with Crippen LogP contribution in [-0.4, -0.2) is 25.1 Å². The molecule has 0 atom stereocenters. The van der Waals surface area contributed by atoms with Crippen LogP contribution in [0.2, 0.25) is 5.02 Å². The van der Waals surface area contributed by atoms with Crippen LogP contribution >= 0.6 is 11.6 Å². The molecule has 172 valence electrons. The van der Waals surface area contributed by atoms with E-state index in [1.807, 2.05) is 18.2 Å². The number of hydrogen-bond acceptors (Lipinski definition) is 5. The summed E-state index contributed by atoms with van der Waals surface area (Å²) in [6, 6.07) is 10.7. The summed E-state index contributed by atoms with van der Waals surface area (Å²) in [4.78, 5) is 23.7. The number of carbonyl (C=O) groups excluding carboxylic acids is 2. The molecule has 1 fully saturated rings. The summed E-state index contributed by atoms with van der Waals surface area (Å²) in [6.07, 6.45) is 6.37. The van der Waals surface area contributed by atoms with Crippen molar-refractivity contribution in [1.29, 1.82) is 0 Å². The van der Waals surface area contributed by atoms with Gasteiger partial charge >= 0.3 is 5.97 Å². The van der Waals surface area contributed by atoms with Crippen molar-refractivity contribution in [2.24, 2.45) is 5.92 Å². The van der Waals surface area contributed by atoms with E-state index in [0.717, 1.165) is 17.9 Å². The molecule has 0 unspecified atom stereocenters. The first-order valence-corrected chi connectivity index (χ1v) is 11.6. The zero-order valence-electron chi connectivity index (χ0n) is 18.7. The Hall–Kier alpha value is -2.73. The third-order valence-corrected chi connectivity index (χ3v) is 5.90. The molecule has 0 radical (unpaired) electrons. The van der Waals surface area contributed by atoms with Gasteiger partial charge < -0.3 is 20.1 Å². The Morgan fingerprint density at radius 3 is 2.53 bits per heavy atom. The van der Waals surface area contributed by atoms with Gasteiger partial charge in [0.05, 0.1) is 30.2 Å². The lowest BCUT2D eigenvalue weighted by atomic mass is 9.90. The van der Waals surface area contributed by atoms with Gasteiger partial charge in [0.1, 0.15) is 5.75 Å². The number of ether oxygens (including phenoxy) is 2. The summed E-state index contributed by atoms with van der Waals surface area (Å²) in [5.41, 5.74) is 2.47. The second-order valence-corrected chi connectivity index (χ2v) is 8.49. The largest absolute Gasteiger partial charge is 0.493 e. The third-order valence-electron chi connectivity index (χ3n) is 5.55. The number of amides is 1. The molecule has 1 aliphatic carbocycles. The van der Waals surface area contributed by atoms with Crippen LogP contribution in [0, 0.1) is 5.92 Å². The number of esters is 1. The monoisotopic (exact) mass is 458 g/mol. The smallest absolute Gasteiger partial charge is 0.338 e. The van der Waals surface area contributed by atoms with Crippen LogP contribution in [0.4, 0.5) is 11.4 Å². The molecule has 7 heteroatoms. The Morgan fingerprint density at radius 2 is 1.84 bits per heavy atom. The van der Waals surface area contributed by atoms with Gasteiger partial charge in [0.15, 0.2) is 0 Å². The topological polar surface area (TPSA) is 76.7 Å². The third kappa shape index (κ3) is 6.89. The Kier molecular flexibility index (Phi) is 8.80. The summed E-state index contributed by atoms with van der Waals surface area (Å²) < 4.78 is 11.0. The fraction of sp³-hybridized carbons (Fsp3) is 0.440. The van der Waals surface area contributed by atoms with E-state index in [0.29, 0.717) is 41.0 Å². The van der Waals surface area contributed by atoms with Crippen LogP contribution in [0.25, 0.3) is 0 Å². The lowest BCUT2D eigenvalue weighted by Gasteiger charge is -2.21. The van der Waals surface area contributed by atoms with Crippen molar-refractivity contribution in [3.8, 4) is 5.75 Å². The van der Waals surface area contributed by atoms with Gasteiger partial charge in [-0.3, -0.25) is 4.79 Å². The molecule has 1 aliphatic rings. The van der Waals surface area contributed by atoms with Gasteiger partial charge in [-0.1, -0.05) is 36.9 Å². The molecule has 2 aromatic carbocycles. The van der Waals surface area contributed by atoms with Crippen LogP contribution in [0.5, 0.6) is 5.75 Å². The van der Waals surface area contributed by atoms with Crippen molar-refractivity contribution in [2.75, 3.05) is 23.8 Å². The predicted octanol–water partition coefficient (Wildman–Crippen LogP) is 6.05. The SMILES string of the molecule is CCOC(=O)c1ccc(NC(C)=O)c(NCc2ccc(OCC3CCCCC3)cc2Cl)c1. The zero-order chi connectivity index (χ0) is 22.9. The van der Waals surface area contributed by atoms with Gasteiger partial charge in [0.25, 0.3) is 0 Å². The molecule has 6 nitrogen and oxygen atoms in total. The highest BCUT2D eigenvalue weighted by atomic mass is 35.5. The highest BCUT2D eigenvalue weighted by Crippen LogP contribution is 2.29. The number of hydrogen-bond donors (Lipinski definition) is 2. The van der Waals surface area contributed by atoms with E-state index in [1.54, 1.807) is 25.1 Å². The van der Waals surface area contributed by atoms with Crippen molar-refractivity contribution >= 4 is 34.9 Å². The zero-order valence-corrected chi connectivity index (χ0v) is 19.5. The van der Waals surface area contributed by atoms with Crippen LogP contribution in [0.15, 0.2) is 36.4 Å². The second-order valence-electron chi connectivity index (χ2n) is 8.08. The van der Waals surface area contributed by atoms with E-state index in [-0.39, 0.29) is 5.91 Å². The van der Waals surface area contributed by atoms with Gasteiger partial charge in [0, 0.05) is 18.5 Å². The normalized spacial score (nSPS) is 14.0. The standard InChI is InChI=1S/C25H31ClN2O4/c1-3-31-25(30)19-10-12-23(28-17(2)29)24(13-19)27-15-20-9-11-21(14-22(20)26)32-16-18-7-5-4-6-8-18/h9-14,18,27H,3-8,15-16H2,1-2H3,(H,28,29). The molecular formula is C25H31ClN2O4. The van der Waals surface area contributed by atoms with Crippen molar-refractivity contribution in [2.45, 2.75) is 52.5 Å². The maximum Gasteiger partial charge on any atom is 0.338 e. The number of nitrogens with one attached hydrogen (secondary N) is 2. The average molecular weight is 459 g/mol. The molecule has 0 spiro atoms. The molecule has 2 aromatic rings. The minimum Gasteiger partial charge on any atom is -0.493 e. The molecule has 0 bridgehead atoms. The summed E-state index contributed by atoms with van der Waals surface area (Å²) in [5.74, 6) is 0.784. The van der Waals surface area contributed by atoms with Crippen molar-refractivity contribution in [3.05, 3.63) is 52.5 Å². The Labute approximate surface area is 194 Å². The number of halogens is 1. The fourth-order valence-corrected chi connectivity index (χ4v) is 4.09. The summed E-state index contributed by atoms with van der Waals surface area (Å²) in [5, 5.41) is 6.64. The first-order valence-electron chi connectivity index (χ1n) is 11.2. The lowest BCUT2D eigenvalue weighted by molar-refractivity contribution is -0.114. The number of benzene rings is 2. The number of rotatable bonds is 9. The van der Waals surface area contributed by atoms with E-state index in [9.17, 15) is 9.59 Å². The van der Waals surface area contributed by atoms with Gasteiger partial charge in [0.2, 0.25) is 5.91 Å². The van der Waals surface area contributed by atoms with Gasteiger partial charge in [-0.25, -0.2) is 4.79 Å². The number of carbonyl (C=O) groups is 2.